The predicted molar refractivity (Wildman–Crippen MR) is 246 cm³/mol. The molecule has 1 aliphatic carbocycles. The Morgan fingerprint density at radius 1 is 0.339 bits per heavy atom. The van der Waals surface area contributed by atoms with Crippen molar-refractivity contribution in [2.24, 2.45) is 0 Å². The minimum Gasteiger partial charge on any atom is -0.0610 e. The van der Waals surface area contributed by atoms with Crippen LogP contribution in [0.2, 0.25) is 0 Å². The summed E-state index contributed by atoms with van der Waals surface area (Å²) < 4.78 is 0. The summed E-state index contributed by atoms with van der Waals surface area (Å²) in [7, 11) is 0. The van der Waals surface area contributed by atoms with E-state index < -0.39 is 0 Å². The Kier molecular flexibility index (Phi) is 6.83. The first-order valence-corrected chi connectivity index (χ1v) is 21.2. The van der Waals surface area contributed by atoms with E-state index in [0.717, 1.165) is 0 Å². The second kappa shape index (κ2) is 11.2. The minimum absolute atomic E-state index is 0.0854. The highest BCUT2D eigenvalue weighted by Gasteiger charge is 2.28. The second-order valence-corrected chi connectivity index (χ2v) is 19.5. The number of rotatable bonds is 4. The van der Waals surface area contributed by atoms with Crippen LogP contribution in [0.5, 0.6) is 0 Å². The highest BCUT2D eigenvalue weighted by atomic mass is 14.3. The smallest absolute Gasteiger partial charge is 0.00137 e. The molecule has 0 atom stereocenters. The maximum absolute atomic E-state index is 2.61. The lowest BCUT2D eigenvalue weighted by Gasteiger charge is -2.23. The van der Waals surface area contributed by atoms with E-state index in [2.05, 4.69) is 167 Å². The largest absolute Gasteiger partial charge is 0.0610 e. The Morgan fingerprint density at radius 3 is 1.25 bits per heavy atom. The molecule has 0 saturated heterocycles. The number of hydrogen-bond donors (Lipinski definition) is 0. The van der Waals surface area contributed by atoms with Gasteiger partial charge in [0.25, 0.3) is 0 Å². The summed E-state index contributed by atoms with van der Waals surface area (Å²) in [6, 6.07) is 36.4. The molecule has 0 heterocycles. The zero-order valence-corrected chi connectivity index (χ0v) is 35.0. The van der Waals surface area contributed by atoms with Gasteiger partial charge in [-0.05, 0) is 176 Å². The molecule has 0 bridgehead atoms. The molecule has 10 aromatic rings. The van der Waals surface area contributed by atoms with Crippen LogP contribution in [0.15, 0.2) is 91.0 Å². The predicted octanol–water partition coefficient (Wildman–Crippen LogP) is 16.5. The van der Waals surface area contributed by atoms with Gasteiger partial charge in [0.15, 0.2) is 0 Å². The number of benzene rings is 8. The Balaban J connectivity index is 1.37. The second-order valence-electron chi connectivity index (χ2n) is 19.5. The van der Waals surface area contributed by atoms with Gasteiger partial charge in [0.1, 0.15) is 0 Å². The SMILES string of the molecule is CC(C)c1c2c(c(C(C)C)c3cc(C(C)(C)C)ccc13)=c1ccc3c4cc5c(C(C)C)c6c7cccc8cccc(c6c(C(C)C)c5cc4c4ccc=2c1c43)c87. The molecule has 10 aromatic carbocycles. The summed E-state index contributed by atoms with van der Waals surface area (Å²) in [5.74, 6) is 1.54. The normalized spacial score (nSPS) is 13.6. The third-order valence-corrected chi connectivity index (χ3v) is 13.8. The van der Waals surface area contributed by atoms with Gasteiger partial charge in [0, 0.05) is 0 Å². The van der Waals surface area contributed by atoms with E-state index in [-0.39, 0.29) is 5.41 Å². The Bertz CT molecular complexity index is 3430. The third-order valence-electron chi connectivity index (χ3n) is 13.8. The number of fused-ring (bicyclic) bond motifs is 9. The van der Waals surface area contributed by atoms with Gasteiger partial charge in [-0.2, -0.15) is 0 Å². The summed E-state index contributed by atoms with van der Waals surface area (Å²) in [6.07, 6.45) is 0. The van der Waals surface area contributed by atoms with Gasteiger partial charge in [0.05, 0.1) is 0 Å². The van der Waals surface area contributed by atoms with Crippen LogP contribution in [0.1, 0.15) is 128 Å². The molecule has 0 saturated carbocycles. The van der Waals surface area contributed by atoms with Crippen LogP contribution in [0, 0.1) is 20.9 Å². The number of hydrogen-bond acceptors (Lipinski definition) is 0. The van der Waals surface area contributed by atoms with Gasteiger partial charge in [-0.3, -0.25) is 0 Å². The van der Waals surface area contributed by atoms with Gasteiger partial charge >= 0.3 is 0 Å². The van der Waals surface area contributed by atoms with Crippen molar-refractivity contribution >= 4 is 86.2 Å². The minimum atomic E-state index is 0.0854. The lowest BCUT2D eigenvalue weighted by atomic mass is 9.81. The first-order valence-electron chi connectivity index (χ1n) is 21.2. The van der Waals surface area contributed by atoms with Gasteiger partial charge < -0.3 is 0 Å². The molecule has 0 amide bonds. The lowest BCUT2D eigenvalue weighted by molar-refractivity contribution is 0.591. The van der Waals surface area contributed by atoms with Crippen LogP contribution in [0.25, 0.3) is 86.2 Å². The summed E-state index contributed by atoms with van der Waals surface area (Å²) in [6.45, 7) is 26.3. The monoisotopic (exact) mass is 724 g/mol. The Morgan fingerprint density at radius 2 is 0.786 bits per heavy atom. The maximum atomic E-state index is 2.61. The molecular formula is C56H52. The van der Waals surface area contributed by atoms with Crippen LogP contribution in [0.4, 0.5) is 0 Å². The van der Waals surface area contributed by atoms with Crippen molar-refractivity contribution in [1.82, 2.24) is 0 Å². The zero-order chi connectivity index (χ0) is 38.8. The average molecular weight is 725 g/mol. The molecule has 276 valence electrons. The van der Waals surface area contributed by atoms with Crippen molar-refractivity contribution in [2.75, 3.05) is 0 Å². The molecule has 0 radical (unpaired) electrons. The van der Waals surface area contributed by atoms with Crippen molar-refractivity contribution in [3.8, 4) is 0 Å². The maximum Gasteiger partial charge on any atom is -0.00137 e. The van der Waals surface area contributed by atoms with E-state index >= 15 is 0 Å². The van der Waals surface area contributed by atoms with Crippen molar-refractivity contribution in [3.63, 3.8) is 0 Å². The summed E-state index contributed by atoms with van der Waals surface area (Å²) >= 11 is 0. The summed E-state index contributed by atoms with van der Waals surface area (Å²) in [5, 5.41) is 28.6. The van der Waals surface area contributed by atoms with E-state index in [9.17, 15) is 0 Å². The first-order chi connectivity index (χ1) is 26.8. The fourth-order valence-electron chi connectivity index (χ4n) is 11.7. The van der Waals surface area contributed by atoms with Gasteiger partial charge in [-0.15, -0.1) is 0 Å². The van der Waals surface area contributed by atoms with Crippen LogP contribution in [-0.2, 0) is 5.41 Å². The highest BCUT2D eigenvalue weighted by molar-refractivity contribution is 6.37. The molecule has 0 aliphatic heterocycles. The van der Waals surface area contributed by atoms with Crippen molar-refractivity contribution < 1.29 is 0 Å². The molecule has 0 fully saturated rings. The van der Waals surface area contributed by atoms with E-state index in [1.165, 1.54) is 135 Å². The van der Waals surface area contributed by atoms with Crippen LogP contribution < -0.4 is 0 Å². The topological polar surface area (TPSA) is 0 Å². The van der Waals surface area contributed by atoms with Crippen LogP contribution in [0.3, 0.4) is 0 Å². The standard InChI is InChI=1S/C56H52/c1-27(2)45-35-19-18-32(56(9,10)11)24-42(35)46(28(3)4)55-39-23-21-34-41-26-44-43(25-40(41)33-20-22-38(54(45)55)51(39)50(33)34)47(29(5)6)52-36-16-12-14-31-15-13-17-37(49(31)36)53(52)48(44)30(7)8/h12-30H,1-11H3. The molecule has 0 unspecified atom stereocenters. The molecule has 1 aliphatic rings. The van der Waals surface area contributed by atoms with E-state index in [1.807, 2.05) is 0 Å². The molecule has 0 nitrogen and oxygen atoms in total. The van der Waals surface area contributed by atoms with Crippen LogP contribution >= 0.6 is 0 Å². The van der Waals surface area contributed by atoms with Gasteiger partial charge in [-0.1, -0.05) is 155 Å². The summed E-state index contributed by atoms with van der Waals surface area (Å²) in [5.41, 5.74) is 7.50. The van der Waals surface area contributed by atoms with Gasteiger partial charge in [0.2, 0.25) is 0 Å². The fraction of sp³-hybridized carbons (Fsp3) is 0.286. The van der Waals surface area contributed by atoms with E-state index in [0.29, 0.717) is 23.7 Å². The van der Waals surface area contributed by atoms with E-state index in [4.69, 9.17) is 0 Å². The van der Waals surface area contributed by atoms with Gasteiger partial charge in [-0.25, -0.2) is 0 Å². The molecule has 0 heteroatoms. The molecule has 11 rings (SSSR count). The van der Waals surface area contributed by atoms with Crippen molar-refractivity contribution in [2.45, 2.75) is 105 Å². The molecule has 56 heavy (non-hydrogen) atoms. The van der Waals surface area contributed by atoms with Crippen molar-refractivity contribution in [1.29, 1.82) is 0 Å². The quantitative estimate of drug-likeness (QED) is 0.170. The molecule has 0 spiro atoms. The molecule has 0 N–H and O–H groups in total. The molecule has 0 aromatic heterocycles. The molecular weight excluding hydrogens is 673 g/mol. The zero-order valence-electron chi connectivity index (χ0n) is 35.0. The third kappa shape index (κ3) is 4.16. The van der Waals surface area contributed by atoms with E-state index in [1.54, 1.807) is 0 Å². The Labute approximate surface area is 329 Å². The van der Waals surface area contributed by atoms with Crippen LogP contribution in [-0.4, -0.2) is 0 Å². The Hall–Kier alpha value is -5.20. The first kappa shape index (κ1) is 34.1. The fourth-order valence-corrected chi connectivity index (χ4v) is 11.7. The van der Waals surface area contributed by atoms with Crippen molar-refractivity contribution in [3.05, 3.63) is 140 Å². The average Bonchev–Trinajstić information content (AvgIpc) is 3.77. The highest BCUT2D eigenvalue weighted by Crippen LogP contribution is 2.51. The summed E-state index contributed by atoms with van der Waals surface area (Å²) in [4.78, 5) is 0. The lowest BCUT2D eigenvalue weighted by Crippen LogP contribution is -2.11.